The van der Waals surface area contributed by atoms with E-state index in [1.54, 1.807) is 44.2 Å². The van der Waals surface area contributed by atoms with Gasteiger partial charge in [-0.1, -0.05) is 60.1 Å². The number of nitrogens with zero attached hydrogens (tertiary/aromatic N) is 2. The van der Waals surface area contributed by atoms with E-state index in [1.165, 1.54) is 47.4 Å². The van der Waals surface area contributed by atoms with E-state index in [4.69, 9.17) is 16.3 Å². The van der Waals surface area contributed by atoms with Crippen LogP contribution in [0.1, 0.15) is 31.9 Å². The molecule has 8 nitrogen and oxygen atoms in total. The third-order valence-electron chi connectivity index (χ3n) is 7.12. The minimum Gasteiger partial charge on any atom is -0.494 e. The van der Waals surface area contributed by atoms with Crippen LogP contribution >= 0.6 is 11.6 Å². The average Bonchev–Trinajstić information content (AvgIpc) is 3.03. The molecule has 0 saturated carbocycles. The maximum atomic E-state index is 15.0. The summed E-state index contributed by atoms with van der Waals surface area (Å²) in [7, 11) is -4.32. The molecule has 46 heavy (non-hydrogen) atoms. The number of rotatable bonds is 14. The number of halogens is 2. The SMILES string of the molecule is CCOc1ccc(N(CC(=O)N(Cc2ccccc2F)C(Cc2ccccc2)C(=O)NC(C)C)S(=O)(=O)c2ccc(Cl)cc2)cc1. The molecule has 0 saturated heterocycles. The minimum atomic E-state index is -4.32. The molecule has 0 heterocycles. The lowest BCUT2D eigenvalue weighted by molar-refractivity contribution is -0.140. The fourth-order valence-electron chi connectivity index (χ4n) is 4.88. The van der Waals surface area contributed by atoms with Crippen molar-refractivity contribution in [2.75, 3.05) is 17.5 Å². The van der Waals surface area contributed by atoms with Crippen molar-refractivity contribution in [2.24, 2.45) is 0 Å². The summed E-state index contributed by atoms with van der Waals surface area (Å²) in [5.41, 5.74) is 1.15. The first-order valence-corrected chi connectivity index (χ1v) is 16.7. The van der Waals surface area contributed by atoms with Crippen LogP contribution in [-0.4, -0.2) is 50.4 Å². The molecule has 0 spiro atoms. The van der Waals surface area contributed by atoms with Crippen molar-refractivity contribution in [3.8, 4) is 5.75 Å². The van der Waals surface area contributed by atoms with E-state index in [-0.39, 0.29) is 35.2 Å². The van der Waals surface area contributed by atoms with E-state index in [0.29, 0.717) is 17.4 Å². The number of benzene rings is 4. The molecule has 0 aromatic heterocycles. The average molecular weight is 666 g/mol. The first kappa shape index (κ1) is 34.5. The summed E-state index contributed by atoms with van der Waals surface area (Å²) in [4.78, 5) is 29.3. The Labute approximate surface area is 274 Å². The number of sulfonamides is 1. The predicted octanol–water partition coefficient (Wildman–Crippen LogP) is 6.24. The Morgan fingerprint density at radius 3 is 2.13 bits per heavy atom. The van der Waals surface area contributed by atoms with Crippen molar-refractivity contribution in [1.29, 1.82) is 0 Å². The molecule has 242 valence electrons. The number of ether oxygens (including phenoxy) is 1. The molecule has 0 fully saturated rings. The van der Waals surface area contributed by atoms with Gasteiger partial charge in [-0.3, -0.25) is 13.9 Å². The third kappa shape index (κ3) is 8.86. The normalized spacial score (nSPS) is 12.0. The van der Waals surface area contributed by atoms with Gasteiger partial charge in [0.25, 0.3) is 10.0 Å². The highest BCUT2D eigenvalue weighted by molar-refractivity contribution is 7.92. The lowest BCUT2D eigenvalue weighted by Crippen LogP contribution is -2.54. The maximum absolute atomic E-state index is 15.0. The van der Waals surface area contributed by atoms with Gasteiger partial charge in [0.05, 0.1) is 17.2 Å². The molecule has 0 bridgehead atoms. The molecule has 4 aromatic rings. The molecule has 0 aliphatic carbocycles. The van der Waals surface area contributed by atoms with Gasteiger partial charge in [0.15, 0.2) is 0 Å². The molecular formula is C35H37ClFN3O5S. The number of carbonyl (C=O) groups excluding carboxylic acids is 2. The highest BCUT2D eigenvalue weighted by Crippen LogP contribution is 2.28. The summed E-state index contributed by atoms with van der Waals surface area (Å²) in [6.07, 6.45) is 0.118. The molecule has 0 aliphatic rings. The largest absolute Gasteiger partial charge is 0.494 e. The van der Waals surface area contributed by atoms with E-state index in [2.05, 4.69) is 5.32 Å². The molecule has 1 N–H and O–H groups in total. The zero-order chi connectivity index (χ0) is 33.3. The highest BCUT2D eigenvalue weighted by Gasteiger charge is 2.35. The zero-order valence-corrected chi connectivity index (χ0v) is 27.5. The molecule has 4 aromatic carbocycles. The fourth-order valence-corrected chi connectivity index (χ4v) is 6.42. The number of anilines is 1. The van der Waals surface area contributed by atoms with Gasteiger partial charge in [-0.15, -0.1) is 0 Å². The van der Waals surface area contributed by atoms with Crippen LogP contribution in [-0.2, 0) is 32.6 Å². The Morgan fingerprint density at radius 2 is 1.52 bits per heavy atom. The van der Waals surface area contributed by atoms with Gasteiger partial charge >= 0.3 is 0 Å². The van der Waals surface area contributed by atoms with Gasteiger partial charge in [0.2, 0.25) is 11.8 Å². The molecule has 4 rings (SSSR count). The molecule has 2 amide bonds. The smallest absolute Gasteiger partial charge is 0.264 e. The predicted molar refractivity (Wildman–Crippen MR) is 178 cm³/mol. The Hall–Kier alpha value is -4.41. The van der Waals surface area contributed by atoms with Crippen molar-refractivity contribution in [3.05, 3.63) is 125 Å². The van der Waals surface area contributed by atoms with Gasteiger partial charge in [-0.05, 0) is 80.9 Å². The summed E-state index contributed by atoms with van der Waals surface area (Å²) < 4.78 is 49.7. The lowest BCUT2D eigenvalue weighted by atomic mass is 10.0. The fraction of sp³-hybridized carbons (Fsp3) is 0.257. The van der Waals surface area contributed by atoms with Gasteiger partial charge in [-0.25, -0.2) is 12.8 Å². The topological polar surface area (TPSA) is 96.0 Å². The van der Waals surface area contributed by atoms with E-state index in [1.807, 2.05) is 37.3 Å². The van der Waals surface area contributed by atoms with Gasteiger partial charge in [-0.2, -0.15) is 0 Å². The Morgan fingerprint density at radius 1 is 0.891 bits per heavy atom. The molecule has 1 unspecified atom stereocenters. The summed E-state index contributed by atoms with van der Waals surface area (Å²) >= 11 is 6.04. The van der Waals surface area contributed by atoms with E-state index < -0.39 is 40.2 Å². The van der Waals surface area contributed by atoms with Crippen LogP contribution in [0.25, 0.3) is 0 Å². The molecular weight excluding hydrogens is 629 g/mol. The molecule has 0 radical (unpaired) electrons. The van der Waals surface area contributed by atoms with Gasteiger partial charge < -0.3 is 15.0 Å². The van der Waals surface area contributed by atoms with Gasteiger partial charge in [0, 0.05) is 29.6 Å². The first-order valence-electron chi connectivity index (χ1n) is 14.9. The molecule has 1 atom stereocenters. The molecule has 0 aliphatic heterocycles. The van der Waals surface area contributed by atoms with Crippen molar-refractivity contribution in [3.63, 3.8) is 0 Å². The van der Waals surface area contributed by atoms with Crippen LogP contribution in [0.2, 0.25) is 5.02 Å². The number of amides is 2. The minimum absolute atomic E-state index is 0.0855. The van der Waals surface area contributed by atoms with Crippen molar-refractivity contribution in [2.45, 2.75) is 50.7 Å². The highest BCUT2D eigenvalue weighted by atomic mass is 35.5. The monoisotopic (exact) mass is 665 g/mol. The van der Waals surface area contributed by atoms with Crippen LogP contribution < -0.4 is 14.4 Å². The quantitative estimate of drug-likeness (QED) is 0.172. The van der Waals surface area contributed by atoms with Crippen molar-refractivity contribution >= 4 is 39.1 Å². The van der Waals surface area contributed by atoms with Crippen LogP contribution in [0.4, 0.5) is 10.1 Å². The summed E-state index contributed by atoms with van der Waals surface area (Å²) in [6.45, 7) is 4.90. The second-order valence-electron chi connectivity index (χ2n) is 10.9. The van der Waals surface area contributed by atoms with E-state index in [9.17, 15) is 18.0 Å². The zero-order valence-electron chi connectivity index (χ0n) is 25.9. The maximum Gasteiger partial charge on any atom is 0.264 e. The summed E-state index contributed by atoms with van der Waals surface area (Å²) in [6, 6.07) is 25.7. The third-order valence-corrected chi connectivity index (χ3v) is 9.16. The number of hydrogen-bond donors (Lipinski definition) is 1. The van der Waals surface area contributed by atoms with Crippen LogP contribution in [0.3, 0.4) is 0 Å². The Kier molecular flexibility index (Phi) is 11.8. The Balaban J connectivity index is 1.81. The second kappa shape index (κ2) is 15.7. The number of hydrogen-bond acceptors (Lipinski definition) is 5. The standard InChI is InChI=1S/C35H37ClFN3O5S/c1-4-45-30-18-16-29(17-19-30)40(46(43,44)31-20-14-28(36)15-21-31)24-34(41)39(23-27-12-8-9-13-32(27)37)33(35(42)38-25(2)3)22-26-10-6-5-7-11-26/h5-21,25,33H,4,22-24H2,1-3H3,(H,38,42). The second-order valence-corrected chi connectivity index (χ2v) is 13.2. The first-order chi connectivity index (χ1) is 22.0. The summed E-state index contributed by atoms with van der Waals surface area (Å²) in [5.74, 6) is -1.18. The number of carbonyl (C=O) groups is 2. The lowest BCUT2D eigenvalue weighted by Gasteiger charge is -2.34. The van der Waals surface area contributed by atoms with Crippen LogP contribution in [0.15, 0.2) is 108 Å². The van der Waals surface area contributed by atoms with Gasteiger partial charge in [0.1, 0.15) is 24.2 Å². The van der Waals surface area contributed by atoms with E-state index in [0.717, 1.165) is 9.87 Å². The van der Waals surface area contributed by atoms with Crippen molar-refractivity contribution < 1.29 is 27.1 Å². The summed E-state index contributed by atoms with van der Waals surface area (Å²) in [5, 5.41) is 3.22. The molecule has 11 heteroatoms. The number of nitrogens with one attached hydrogen (secondary N) is 1. The Bertz CT molecular complexity index is 1720. The van der Waals surface area contributed by atoms with Crippen molar-refractivity contribution in [1.82, 2.24) is 10.2 Å². The van der Waals surface area contributed by atoms with Crippen LogP contribution in [0, 0.1) is 5.82 Å². The van der Waals surface area contributed by atoms with Crippen LogP contribution in [0.5, 0.6) is 5.75 Å². The van der Waals surface area contributed by atoms with E-state index >= 15 is 4.39 Å².